The Morgan fingerprint density at radius 1 is 1.08 bits per heavy atom. The summed E-state index contributed by atoms with van der Waals surface area (Å²) in [4.78, 5) is 27.8. The molecule has 1 N–H and O–H groups in total. The first-order valence-corrected chi connectivity index (χ1v) is 18.8. The van der Waals surface area contributed by atoms with Crippen LogP contribution in [-0.2, 0) is 30.7 Å². The minimum Gasteiger partial charge on any atom is -0.619 e. The second kappa shape index (κ2) is 17.7. The standard InChI is InChI=1S/C34H37Cl2F2N3O10S/c1-21(42)49-26-14-24(13-25(16-26)39-52(45,46)12-2-7-40-8-10-47-11-9-40)33(43)50-31(17-27-28(35)18-41(44)19-29(27)36)23-5-6-30(51-34(37)38)32(15-23)48-20-22-3-4-22/h5-6,13-16,18-19,22,31,34,39H,2-4,7-12,17,20H2,1H3/t31-/m0/s1. The number of benzene rings is 2. The summed E-state index contributed by atoms with van der Waals surface area (Å²) in [5, 5.41) is 11.9. The fourth-order valence-corrected chi connectivity index (χ4v) is 7.08. The van der Waals surface area contributed by atoms with Gasteiger partial charge in [-0.25, -0.2) is 13.2 Å². The van der Waals surface area contributed by atoms with Gasteiger partial charge >= 0.3 is 18.6 Å². The molecule has 52 heavy (non-hydrogen) atoms. The first kappa shape index (κ1) is 39.3. The molecule has 2 heterocycles. The number of alkyl halides is 2. The SMILES string of the molecule is CC(=O)Oc1cc(NS(=O)(=O)CCCN2CCOCC2)cc(C(=O)O[C@@H](Cc2c(Cl)c[n+]([O-])cc2Cl)c2ccc(OC(F)F)c(OCC3CC3)c2)c1. The Bertz CT molecular complexity index is 1840. The molecule has 2 aliphatic rings. The predicted molar refractivity (Wildman–Crippen MR) is 186 cm³/mol. The smallest absolute Gasteiger partial charge is 0.387 e. The zero-order chi connectivity index (χ0) is 37.4. The number of sulfonamides is 1. The van der Waals surface area contributed by atoms with E-state index >= 15 is 0 Å². The van der Waals surface area contributed by atoms with Gasteiger partial charge in [-0.05, 0) is 61.6 Å². The van der Waals surface area contributed by atoms with Gasteiger partial charge in [0.15, 0.2) is 23.9 Å². The van der Waals surface area contributed by atoms with Crippen LogP contribution in [-0.4, -0.2) is 77.1 Å². The molecular weight excluding hydrogens is 751 g/mol. The van der Waals surface area contributed by atoms with Crippen molar-refractivity contribution < 1.29 is 55.2 Å². The highest BCUT2D eigenvalue weighted by atomic mass is 35.5. The molecule has 5 rings (SSSR count). The second-order valence-corrected chi connectivity index (χ2v) is 15.0. The van der Waals surface area contributed by atoms with Crippen molar-refractivity contribution in [2.45, 2.75) is 45.3 Å². The molecule has 1 aliphatic carbocycles. The number of morpholine rings is 1. The summed E-state index contributed by atoms with van der Waals surface area (Å²) in [6.07, 6.45) is 2.91. The van der Waals surface area contributed by atoms with Crippen LogP contribution in [0.15, 0.2) is 48.8 Å². The van der Waals surface area contributed by atoms with E-state index in [1.807, 2.05) is 0 Å². The minimum absolute atomic E-state index is 0.0180. The molecule has 0 spiro atoms. The number of carbonyl (C=O) groups is 2. The number of esters is 2. The van der Waals surface area contributed by atoms with Crippen molar-refractivity contribution in [3.63, 3.8) is 0 Å². The maximum absolute atomic E-state index is 13.8. The normalized spacial score (nSPS) is 15.6. The lowest BCUT2D eigenvalue weighted by Gasteiger charge is -2.26. The Balaban J connectivity index is 1.43. The maximum Gasteiger partial charge on any atom is 0.387 e. The Morgan fingerprint density at radius 3 is 2.44 bits per heavy atom. The first-order valence-electron chi connectivity index (χ1n) is 16.4. The van der Waals surface area contributed by atoms with Gasteiger partial charge in [0.05, 0.1) is 36.8 Å². The van der Waals surface area contributed by atoms with Crippen molar-refractivity contribution in [1.82, 2.24) is 4.90 Å². The topological polar surface area (TPSA) is 157 Å². The van der Waals surface area contributed by atoms with Crippen LogP contribution in [0.4, 0.5) is 14.5 Å². The number of nitrogens with one attached hydrogen (secondary N) is 1. The number of hydrogen-bond acceptors (Lipinski definition) is 11. The van der Waals surface area contributed by atoms with Crippen LogP contribution in [0.3, 0.4) is 0 Å². The van der Waals surface area contributed by atoms with Crippen molar-refractivity contribution in [1.29, 1.82) is 0 Å². The average molecular weight is 789 g/mol. The van der Waals surface area contributed by atoms with E-state index in [1.54, 1.807) is 0 Å². The number of carbonyl (C=O) groups excluding carboxylic acids is 2. The summed E-state index contributed by atoms with van der Waals surface area (Å²) in [5.74, 6) is -2.05. The van der Waals surface area contributed by atoms with Crippen molar-refractivity contribution in [3.05, 3.63) is 80.7 Å². The third kappa shape index (κ3) is 11.8. The number of aromatic nitrogens is 1. The highest BCUT2D eigenvalue weighted by molar-refractivity contribution is 7.92. The van der Waals surface area contributed by atoms with Crippen LogP contribution in [0.25, 0.3) is 0 Å². The molecule has 3 aromatic rings. The lowest BCUT2D eigenvalue weighted by Crippen LogP contribution is -2.37. The van der Waals surface area contributed by atoms with Crippen LogP contribution in [0.5, 0.6) is 17.2 Å². The molecule has 1 saturated carbocycles. The van der Waals surface area contributed by atoms with Crippen LogP contribution < -0.4 is 23.7 Å². The number of ether oxygens (including phenoxy) is 5. The monoisotopic (exact) mass is 787 g/mol. The lowest BCUT2D eigenvalue weighted by atomic mass is 10.0. The Morgan fingerprint density at radius 2 is 1.79 bits per heavy atom. The van der Waals surface area contributed by atoms with Gasteiger partial charge in [-0.3, -0.25) is 14.4 Å². The number of hydrogen-bond donors (Lipinski definition) is 1. The Labute approximate surface area is 309 Å². The van der Waals surface area contributed by atoms with Crippen LogP contribution in [0.1, 0.15) is 53.8 Å². The molecule has 0 unspecified atom stereocenters. The molecule has 1 saturated heterocycles. The zero-order valence-corrected chi connectivity index (χ0v) is 30.4. The molecule has 2 fully saturated rings. The van der Waals surface area contributed by atoms with E-state index in [1.165, 1.54) is 36.4 Å². The largest absolute Gasteiger partial charge is 0.619 e. The molecule has 13 nitrogen and oxygen atoms in total. The third-order valence-electron chi connectivity index (χ3n) is 8.09. The molecule has 282 valence electrons. The van der Waals surface area contributed by atoms with E-state index in [-0.39, 0.29) is 74.4 Å². The van der Waals surface area contributed by atoms with Gasteiger partial charge in [-0.2, -0.15) is 13.5 Å². The molecule has 0 radical (unpaired) electrons. The summed E-state index contributed by atoms with van der Waals surface area (Å²) >= 11 is 12.7. The summed E-state index contributed by atoms with van der Waals surface area (Å²) in [6, 6.07) is 7.70. The zero-order valence-electron chi connectivity index (χ0n) is 28.0. The fraction of sp³-hybridized carbons (Fsp3) is 0.441. The van der Waals surface area contributed by atoms with Gasteiger partial charge < -0.3 is 28.9 Å². The molecule has 0 amide bonds. The highest BCUT2D eigenvalue weighted by Crippen LogP contribution is 2.38. The molecular formula is C34H37Cl2F2N3O10S. The van der Waals surface area contributed by atoms with Crippen LogP contribution in [0, 0.1) is 11.1 Å². The summed E-state index contributed by atoms with van der Waals surface area (Å²) in [7, 11) is -3.90. The summed E-state index contributed by atoms with van der Waals surface area (Å²) < 4.78 is 82.3. The van der Waals surface area contributed by atoms with E-state index in [9.17, 15) is 32.0 Å². The van der Waals surface area contributed by atoms with Gasteiger partial charge in [0.2, 0.25) is 10.0 Å². The minimum atomic E-state index is -3.90. The van der Waals surface area contributed by atoms with E-state index in [2.05, 4.69) is 14.4 Å². The number of nitrogens with zero attached hydrogens (tertiary/aromatic N) is 2. The quantitative estimate of drug-likeness (QED) is 0.0793. The molecule has 1 aliphatic heterocycles. The van der Waals surface area contributed by atoms with Crippen molar-refractivity contribution in [3.8, 4) is 17.2 Å². The van der Waals surface area contributed by atoms with Crippen molar-refractivity contribution in [2.75, 3.05) is 49.9 Å². The third-order valence-corrected chi connectivity index (χ3v) is 10.1. The van der Waals surface area contributed by atoms with Crippen molar-refractivity contribution in [2.24, 2.45) is 5.92 Å². The predicted octanol–water partition coefficient (Wildman–Crippen LogP) is 5.55. The van der Waals surface area contributed by atoms with Gasteiger partial charge in [0.25, 0.3) is 0 Å². The van der Waals surface area contributed by atoms with Gasteiger partial charge in [0.1, 0.15) is 21.9 Å². The molecule has 1 aromatic heterocycles. The van der Waals surface area contributed by atoms with Gasteiger partial charge in [0, 0.05) is 38.1 Å². The van der Waals surface area contributed by atoms with Crippen LogP contribution >= 0.6 is 23.2 Å². The molecule has 1 atom stereocenters. The van der Waals surface area contributed by atoms with E-state index in [0.717, 1.165) is 32.2 Å². The molecule has 2 aromatic carbocycles. The Hall–Kier alpha value is -3.96. The number of halogens is 4. The summed E-state index contributed by atoms with van der Waals surface area (Å²) in [5.41, 5.74) is 0.247. The van der Waals surface area contributed by atoms with E-state index < -0.39 is 34.7 Å². The summed E-state index contributed by atoms with van der Waals surface area (Å²) in [6.45, 7) is 1.36. The maximum atomic E-state index is 13.8. The van der Waals surface area contributed by atoms with Crippen LogP contribution in [0.2, 0.25) is 10.0 Å². The molecule has 18 heteroatoms. The lowest BCUT2D eigenvalue weighted by molar-refractivity contribution is -0.605. The fourth-order valence-electron chi connectivity index (χ4n) is 5.39. The highest BCUT2D eigenvalue weighted by Gasteiger charge is 2.27. The van der Waals surface area contributed by atoms with Gasteiger partial charge in [-0.15, -0.1) is 0 Å². The first-order chi connectivity index (χ1) is 24.7. The average Bonchev–Trinajstić information content (AvgIpc) is 3.89. The number of pyridine rings is 1. The van der Waals surface area contributed by atoms with Crippen molar-refractivity contribution >= 4 is 50.9 Å². The van der Waals surface area contributed by atoms with E-state index in [4.69, 9.17) is 42.1 Å². The number of anilines is 1. The molecule has 0 bridgehead atoms. The Kier molecular flexibility index (Phi) is 13.4. The number of rotatable bonds is 17. The van der Waals surface area contributed by atoms with Gasteiger partial charge in [-0.1, -0.05) is 29.3 Å². The van der Waals surface area contributed by atoms with E-state index in [0.29, 0.717) is 44.0 Å². The second-order valence-electron chi connectivity index (χ2n) is 12.3.